The topological polar surface area (TPSA) is 12.0 Å². The minimum atomic E-state index is -0.0762. The summed E-state index contributed by atoms with van der Waals surface area (Å²) in [5.41, 5.74) is 1.31. The Morgan fingerprint density at radius 3 is 2.43 bits per heavy atom. The standard InChI is InChI=1S/C19H30FN/c1-4-19(2,3)16-9-11-17(12-10-16)21-14-13-15-7-5-6-8-18(15)20/h5-8,16-17,21H,4,9-14H2,1-3H3. The highest BCUT2D eigenvalue weighted by atomic mass is 19.1. The van der Waals surface area contributed by atoms with Crippen molar-refractivity contribution in [1.29, 1.82) is 0 Å². The van der Waals surface area contributed by atoms with Gasteiger partial charge in [-0.2, -0.15) is 0 Å². The van der Waals surface area contributed by atoms with Crippen LogP contribution in [-0.2, 0) is 6.42 Å². The number of hydrogen-bond donors (Lipinski definition) is 1. The third kappa shape index (κ3) is 4.54. The highest BCUT2D eigenvalue weighted by Crippen LogP contribution is 2.40. The van der Waals surface area contributed by atoms with Gasteiger partial charge in [0.05, 0.1) is 0 Å². The van der Waals surface area contributed by atoms with Gasteiger partial charge in [-0.1, -0.05) is 45.4 Å². The first kappa shape index (κ1) is 16.5. The monoisotopic (exact) mass is 291 g/mol. The van der Waals surface area contributed by atoms with Crippen LogP contribution in [0.3, 0.4) is 0 Å². The SMILES string of the molecule is CCC(C)(C)C1CCC(NCCc2ccccc2F)CC1. The van der Waals surface area contributed by atoms with Crippen molar-refractivity contribution < 1.29 is 4.39 Å². The lowest BCUT2D eigenvalue weighted by molar-refractivity contribution is 0.137. The van der Waals surface area contributed by atoms with Gasteiger partial charge < -0.3 is 5.32 Å². The van der Waals surface area contributed by atoms with Gasteiger partial charge in [0.25, 0.3) is 0 Å². The van der Waals surface area contributed by atoms with Gasteiger partial charge in [-0.3, -0.25) is 0 Å². The van der Waals surface area contributed by atoms with Gasteiger partial charge in [0.2, 0.25) is 0 Å². The van der Waals surface area contributed by atoms with Crippen molar-refractivity contribution in [3.8, 4) is 0 Å². The van der Waals surface area contributed by atoms with Crippen LogP contribution in [-0.4, -0.2) is 12.6 Å². The summed E-state index contributed by atoms with van der Waals surface area (Å²) in [6.07, 6.45) is 7.25. The molecule has 0 radical (unpaired) electrons. The zero-order valence-electron chi connectivity index (χ0n) is 13.8. The average molecular weight is 291 g/mol. The molecule has 0 saturated heterocycles. The van der Waals surface area contributed by atoms with Crippen molar-refractivity contribution in [3.63, 3.8) is 0 Å². The van der Waals surface area contributed by atoms with E-state index in [2.05, 4.69) is 26.1 Å². The first-order valence-corrected chi connectivity index (χ1v) is 8.49. The van der Waals surface area contributed by atoms with E-state index >= 15 is 0 Å². The fourth-order valence-corrected chi connectivity index (χ4v) is 3.48. The maximum atomic E-state index is 13.5. The Kier molecular flexibility index (Phi) is 5.80. The van der Waals surface area contributed by atoms with Gasteiger partial charge in [0.1, 0.15) is 5.82 Å². The van der Waals surface area contributed by atoms with E-state index in [0.29, 0.717) is 11.5 Å². The molecule has 1 fully saturated rings. The van der Waals surface area contributed by atoms with Crippen LogP contribution in [0.5, 0.6) is 0 Å². The van der Waals surface area contributed by atoms with Crippen LogP contribution < -0.4 is 5.32 Å². The molecule has 0 heterocycles. The fourth-order valence-electron chi connectivity index (χ4n) is 3.48. The van der Waals surface area contributed by atoms with Crippen LogP contribution >= 0.6 is 0 Å². The molecule has 0 amide bonds. The maximum Gasteiger partial charge on any atom is 0.126 e. The maximum absolute atomic E-state index is 13.5. The van der Waals surface area contributed by atoms with Gasteiger partial charge >= 0.3 is 0 Å². The Balaban J connectivity index is 1.71. The third-order valence-corrected chi connectivity index (χ3v) is 5.53. The van der Waals surface area contributed by atoms with Crippen molar-refractivity contribution in [2.75, 3.05) is 6.54 Å². The first-order valence-electron chi connectivity index (χ1n) is 8.49. The molecule has 2 heteroatoms. The summed E-state index contributed by atoms with van der Waals surface area (Å²) in [4.78, 5) is 0. The fraction of sp³-hybridized carbons (Fsp3) is 0.684. The zero-order valence-corrected chi connectivity index (χ0v) is 13.8. The van der Waals surface area contributed by atoms with Gasteiger partial charge in [-0.15, -0.1) is 0 Å². The van der Waals surface area contributed by atoms with E-state index in [1.807, 2.05) is 12.1 Å². The summed E-state index contributed by atoms with van der Waals surface area (Å²) < 4.78 is 13.5. The summed E-state index contributed by atoms with van der Waals surface area (Å²) in [6.45, 7) is 8.00. The lowest BCUT2D eigenvalue weighted by atomic mass is 9.69. The molecule has 0 aromatic heterocycles. The molecule has 0 atom stereocenters. The largest absolute Gasteiger partial charge is 0.314 e. The molecule has 0 unspecified atom stereocenters. The quantitative estimate of drug-likeness (QED) is 0.781. The van der Waals surface area contributed by atoms with Crippen molar-refractivity contribution >= 4 is 0 Å². The number of nitrogens with one attached hydrogen (secondary N) is 1. The molecule has 1 aromatic rings. The molecule has 2 rings (SSSR count). The average Bonchev–Trinajstić information content (AvgIpc) is 2.50. The van der Waals surface area contributed by atoms with Crippen LogP contribution in [0.4, 0.5) is 4.39 Å². The van der Waals surface area contributed by atoms with Crippen LogP contribution in [0.25, 0.3) is 0 Å². The van der Waals surface area contributed by atoms with E-state index in [1.54, 1.807) is 12.1 Å². The summed E-state index contributed by atoms with van der Waals surface area (Å²) in [7, 11) is 0. The van der Waals surface area contributed by atoms with Crippen molar-refractivity contribution in [1.82, 2.24) is 5.32 Å². The normalized spacial score (nSPS) is 23.2. The summed E-state index contributed by atoms with van der Waals surface area (Å²) in [5.74, 6) is 0.792. The lowest BCUT2D eigenvalue weighted by Gasteiger charge is -2.39. The van der Waals surface area contributed by atoms with E-state index in [-0.39, 0.29) is 5.82 Å². The molecule has 1 aromatic carbocycles. The molecule has 0 aliphatic heterocycles. The predicted molar refractivity (Wildman–Crippen MR) is 87.9 cm³/mol. The van der Waals surface area contributed by atoms with Gasteiger partial charge in [0, 0.05) is 6.04 Å². The van der Waals surface area contributed by atoms with E-state index < -0.39 is 0 Å². The second kappa shape index (κ2) is 7.40. The predicted octanol–water partition coefficient (Wildman–Crippen LogP) is 4.95. The molecule has 0 spiro atoms. The van der Waals surface area contributed by atoms with Crippen molar-refractivity contribution in [3.05, 3.63) is 35.6 Å². The summed E-state index contributed by atoms with van der Waals surface area (Å²) in [5, 5.41) is 3.62. The Labute approximate surface area is 129 Å². The highest BCUT2D eigenvalue weighted by molar-refractivity contribution is 5.17. The molecule has 21 heavy (non-hydrogen) atoms. The van der Waals surface area contributed by atoms with Crippen molar-refractivity contribution in [2.24, 2.45) is 11.3 Å². The second-order valence-corrected chi connectivity index (χ2v) is 7.19. The Hall–Kier alpha value is -0.890. The van der Waals surface area contributed by atoms with Crippen LogP contribution in [0.2, 0.25) is 0 Å². The van der Waals surface area contributed by atoms with E-state index in [9.17, 15) is 4.39 Å². The lowest BCUT2D eigenvalue weighted by Crippen LogP contribution is -2.37. The molecule has 0 bridgehead atoms. The minimum absolute atomic E-state index is 0.0762. The number of benzene rings is 1. The molecule has 1 aliphatic rings. The van der Waals surface area contributed by atoms with Gasteiger partial charge in [0.15, 0.2) is 0 Å². The molecule has 1 nitrogen and oxygen atoms in total. The number of halogens is 1. The van der Waals surface area contributed by atoms with Gasteiger partial charge in [-0.25, -0.2) is 4.39 Å². The van der Waals surface area contributed by atoms with E-state index in [1.165, 1.54) is 32.1 Å². The Morgan fingerprint density at radius 1 is 1.14 bits per heavy atom. The Bertz CT molecular complexity index is 433. The van der Waals surface area contributed by atoms with Crippen LogP contribution in [0, 0.1) is 17.2 Å². The van der Waals surface area contributed by atoms with Crippen LogP contribution in [0.1, 0.15) is 58.4 Å². The first-order chi connectivity index (χ1) is 10.0. The zero-order chi connectivity index (χ0) is 15.3. The van der Waals surface area contributed by atoms with E-state index in [4.69, 9.17) is 0 Å². The van der Waals surface area contributed by atoms with E-state index in [0.717, 1.165) is 24.4 Å². The summed E-state index contributed by atoms with van der Waals surface area (Å²) in [6, 6.07) is 7.73. The number of hydrogen-bond acceptors (Lipinski definition) is 1. The molecule has 1 N–H and O–H groups in total. The molecule has 1 saturated carbocycles. The number of rotatable bonds is 6. The van der Waals surface area contributed by atoms with Crippen molar-refractivity contribution in [2.45, 2.75) is 65.3 Å². The molecular formula is C19H30FN. The van der Waals surface area contributed by atoms with Gasteiger partial charge in [-0.05, 0) is 61.6 Å². The highest BCUT2D eigenvalue weighted by Gasteiger charge is 2.31. The summed E-state index contributed by atoms with van der Waals surface area (Å²) >= 11 is 0. The minimum Gasteiger partial charge on any atom is -0.314 e. The smallest absolute Gasteiger partial charge is 0.126 e. The Morgan fingerprint density at radius 2 is 1.81 bits per heavy atom. The molecule has 1 aliphatic carbocycles. The third-order valence-electron chi connectivity index (χ3n) is 5.53. The second-order valence-electron chi connectivity index (χ2n) is 7.19. The molecule has 118 valence electrons. The van der Waals surface area contributed by atoms with Crippen LogP contribution in [0.15, 0.2) is 24.3 Å². The molecular weight excluding hydrogens is 261 g/mol.